The molecule has 1 fully saturated rings. The van der Waals surface area contributed by atoms with E-state index in [2.05, 4.69) is 40.5 Å². The number of hydrogen-bond donors (Lipinski definition) is 1. The van der Waals surface area contributed by atoms with Crippen LogP contribution in [0.2, 0.25) is 0 Å². The minimum absolute atomic E-state index is 0.142. The molecule has 1 N–H and O–H groups in total. The van der Waals surface area contributed by atoms with E-state index in [-0.39, 0.29) is 41.9 Å². The van der Waals surface area contributed by atoms with Gasteiger partial charge in [0.2, 0.25) is 0 Å². The molecule has 0 amide bonds. The maximum absolute atomic E-state index is 11.8. The summed E-state index contributed by atoms with van der Waals surface area (Å²) in [5.41, 5.74) is 1.85. The van der Waals surface area contributed by atoms with Gasteiger partial charge in [0.1, 0.15) is 19.3 Å². The van der Waals surface area contributed by atoms with Gasteiger partial charge in [0, 0.05) is 29.9 Å². The molecule has 1 aromatic carbocycles. The number of rotatable bonds is 14. The van der Waals surface area contributed by atoms with Gasteiger partial charge in [0.25, 0.3) is 0 Å². The zero-order valence-corrected chi connectivity index (χ0v) is 26.7. The lowest BCUT2D eigenvalue weighted by atomic mass is 10.2. The Hall–Kier alpha value is -4.07. The van der Waals surface area contributed by atoms with Crippen LogP contribution in [0.3, 0.4) is 0 Å². The number of aliphatic hydroxyl groups excluding tert-OH is 1. The van der Waals surface area contributed by atoms with Crippen LogP contribution in [0.15, 0.2) is 78.8 Å². The number of aliphatic hydroxyl groups is 1. The van der Waals surface area contributed by atoms with E-state index in [1.807, 2.05) is 6.92 Å². The molecule has 12 nitrogen and oxygen atoms in total. The molecule has 1 saturated heterocycles. The number of aryl methyl sites for hydroxylation is 1. The molecule has 0 bridgehead atoms. The van der Waals surface area contributed by atoms with Gasteiger partial charge in [-0.05, 0) is 45.7 Å². The highest BCUT2D eigenvalue weighted by Gasteiger charge is 2.24. The Bertz CT molecular complexity index is 1200. The summed E-state index contributed by atoms with van der Waals surface area (Å²) in [6.07, 6.45) is 3.64. The largest absolute Gasteiger partial charge is 0.466 e. The summed E-state index contributed by atoms with van der Waals surface area (Å²) in [5, 5.41) is 8.33. The SMILES string of the molecule is C=C(C)C(=O)OC.C=C(C)C(=O)OCC1CO1.C=CC(=O)OCCCCO.C=CC(=O)OCCS(=O)(=O)c1ccc(C)cc1. The average Bonchev–Trinajstić information content (AvgIpc) is 3.83. The van der Waals surface area contributed by atoms with Crippen molar-refractivity contribution in [2.75, 3.05) is 45.9 Å². The number of epoxide rings is 1. The smallest absolute Gasteiger partial charge is 0.333 e. The van der Waals surface area contributed by atoms with Gasteiger partial charge >= 0.3 is 23.9 Å². The second kappa shape index (κ2) is 24.4. The summed E-state index contributed by atoms with van der Waals surface area (Å²) in [6.45, 7) is 19.8. The number of ether oxygens (including phenoxy) is 5. The van der Waals surface area contributed by atoms with Crippen LogP contribution >= 0.6 is 0 Å². The molecule has 246 valence electrons. The first kappa shape index (κ1) is 42.1. The van der Waals surface area contributed by atoms with Crippen LogP contribution in [-0.4, -0.2) is 89.4 Å². The number of benzene rings is 1. The number of esters is 4. The monoisotopic (exact) mass is 640 g/mol. The van der Waals surface area contributed by atoms with Gasteiger partial charge in [-0.3, -0.25) is 0 Å². The lowest BCUT2D eigenvalue weighted by Crippen LogP contribution is -2.14. The molecule has 2 rings (SSSR count). The van der Waals surface area contributed by atoms with Crippen LogP contribution in [-0.2, 0) is 52.7 Å². The van der Waals surface area contributed by atoms with Crippen molar-refractivity contribution < 1.29 is 56.4 Å². The average molecular weight is 641 g/mol. The number of unbranched alkanes of at least 4 members (excludes halogenated alkanes) is 1. The fraction of sp³-hybridized carbons (Fsp3) is 0.419. The topological polar surface area (TPSA) is 172 Å². The minimum atomic E-state index is -3.39. The molecule has 13 heteroatoms. The fourth-order valence-electron chi connectivity index (χ4n) is 2.25. The van der Waals surface area contributed by atoms with E-state index < -0.39 is 21.8 Å². The van der Waals surface area contributed by atoms with E-state index in [4.69, 9.17) is 14.6 Å². The second-order valence-electron chi connectivity index (χ2n) is 8.91. The van der Waals surface area contributed by atoms with E-state index in [1.54, 1.807) is 38.1 Å². The maximum Gasteiger partial charge on any atom is 0.333 e. The third-order valence-electron chi connectivity index (χ3n) is 4.79. The van der Waals surface area contributed by atoms with E-state index in [0.717, 1.165) is 17.7 Å². The van der Waals surface area contributed by atoms with Crippen molar-refractivity contribution in [2.45, 2.75) is 44.6 Å². The lowest BCUT2D eigenvalue weighted by molar-refractivity contribution is -0.139. The molecule has 0 spiro atoms. The van der Waals surface area contributed by atoms with E-state index in [9.17, 15) is 27.6 Å². The fourth-order valence-corrected chi connectivity index (χ4v) is 3.34. The molecule has 44 heavy (non-hydrogen) atoms. The number of methoxy groups -OCH3 is 1. The Morgan fingerprint density at radius 1 is 0.909 bits per heavy atom. The summed E-state index contributed by atoms with van der Waals surface area (Å²) in [5.74, 6) is -1.94. The van der Waals surface area contributed by atoms with Crippen molar-refractivity contribution in [3.63, 3.8) is 0 Å². The maximum atomic E-state index is 11.8. The normalized spacial score (nSPS) is 12.4. The van der Waals surface area contributed by atoms with E-state index in [0.29, 0.717) is 43.8 Å². The summed E-state index contributed by atoms with van der Waals surface area (Å²) < 4.78 is 46.7. The van der Waals surface area contributed by atoms with Gasteiger partial charge < -0.3 is 28.8 Å². The van der Waals surface area contributed by atoms with Crippen molar-refractivity contribution in [3.8, 4) is 0 Å². The van der Waals surface area contributed by atoms with E-state index in [1.165, 1.54) is 7.11 Å². The molecule has 0 radical (unpaired) electrons. The van der Waals surface area contributed by atoms with Crippen LogP contribution in [0.25, 0.3) is 0 Å². The molecule has 0 aromatic heterocycles. The quantitative estimate of drug-likeness (QED) is 0.104. The van der Waals surface area contributed by atoms with Crippen molar-refractivity contribution in [1.29, 1.82) is 0 Å². The highest BCUT2D eigenvalue weighted by atomic mass is 32.2. The van der Waals surface area contributed by atoms with Crippen molar-refractivity contribution in [1.82, 2.24) is 0 Å². The van der Waals surface area contributed by atoms with Crippen LogP contribution < -0.4 is 0 Å². The van der Waals surface area contributed by atoms with Crippen LogP contribution in [0.5, 0.6) is 0 Å². The molecule has 1 aliphatic heterocycles. The molecule has 1 aliphatic rings. The van der Waals surface area contributed by atoms with Gasteiger partial charge in [-0.1, -0.05) is 44.0 Å². The molecule has 1 atom stereocenters. The Balaban J connectivity index is 0. The zero-order valence-electron chi connectivity index (χ0n) is 25.9. The highest BCUT2D eigenvalue weighted by molar-refractivity contribution is 7.91. The summed E-state index contributed by atoms with van der Waals surface area (Å²) in [6, 6.07) is 6.53. The Morgan fingerprint density at radius 3 is 1.80 bits per heavy atom. The number of carbonyl (C=O) groups is 4. The van der Waals surface area contributed by atoms with Gasteiger partial charge in [0.05, 0.1) is 31.0 Å². The number of sulfone groups is 1. The van der Waals surface area contributed by atoms with Gasteiger partial charge in [-0.25, -0.2) is 27.6 Å². The summed E-state index contributed by atoms with van der Waals surface area (Å²) in [4.78, 5) is 42.2. The minimum Gasteiger partial charge on any atom is -0.466 e. The molecular weight excluding hydrogens is 596 g/mol. The summed E-state index contributed by atoms with van der Waals surface area (Å²) in [7, 11) is -2.06. The molecule has 1 heterocycles. The Morgan fingerprint density at radius 2 is 1.41 bits per heavy atom. The highest BCUT2D eigenvalue weighted by Crippen LogP contribution is 2.12. The van der Waals surface area contributed by atoms with Gasteiger partial charge in [-0.15, -0.1) is 0 Å². The third kappa shape index (κ3) is 23.5. The third-order valence-corrected chi connectivity index (χ3v) is 6.49. The first-order valence-corrected chi connectivity index (χ1v) is 15.0. The number of carbonyl (C=O) groups excluding carboxylic acids is 4. The predicted octanol–water partition coefficient (Wildman–Crippen LogP) is 3.23. The Labute approximate surface area is 259 Å². The molecule has 0 saturated carbocycles. The van der Waals surface area contributed by atoms with Crippen molar-refractivity contribution >= 4 is 33.7 Å². The second-order valence-corrected chi connectivity index (χ2v) is 11.0. The zero-order chi connectivity index (χ0) is 34.1. The van der Waals surface area contributed by atoms with Crippen LogP contribution in [0, 0.1) is 6.92 Å². The Kier molecular flexibility index (Phi) is 23.3. The first-order valence-electron chi connectivity index (χ1n) is 13.3. The molecular formula is C31H44O12S. The summed E-state index contributed by atoms with van der Waals surface area (Å²) >= 11 is 0. The molecule has 0 aliphatic carbocycles. The lowest BCUT2D eigenvalue weighted by Gasteiger charge is -2.05. The van der Waals surface area contributed by atoms with Crippen LogP contribution in [0.1, 0.15) is 32.3 Å². The van der Waals surface area contributed by atoms with Crippen molar-refractivity contribution in [3.05, 3.63) is 79.4 Å². The van der Waals surface area contributed by atoms with Gasteiger partial charge in [0.15, 0.2) is 9.84 Å². The van der Waals surface area contributed by atoms with Gasteiger partial charge in [-0.2, -0.15) is 0 Å². The molecule has 1 aromatic rings. The van der Waals surface area contributed by atoms with E-state index >= 15 is 0 Å². The molecule has 1 unspecified atom stereocenters. The van der Waals surface area contributed by atoms with Crippen molar-refractivity contribution in [2.24, 2.45) is 0 Å². The van der Waals surface area contributed by atoms with Crippen LogP contribution in [0.4, 0.5) is 0 Å². The number of hydrogen-bond acceptors (Lipinski definition) is 12. The standard InChI is InChI=1S/C12H14O4S.C7H10O3.C7H12O3.C5H8O2/c1-3-12(13)16-8-9-17(14,15)11-6-4-10(2)5-7-11;1-5(2)7(8)10-4-6-3-9-6;1-2-7(9)10-6-4-3-5-8;1-4(2)5(6)7-3/h3-7H,1,8-9H2,2H3;6H,1,3-4H2,2H3;2,8H,1,3-6H2;1H2,2-3H3. The first-order chi connectivity index (χ1) is 20.6. The predicted molar refractivity (Wildman–Crippen MR) is 164 cm³/mol.